The predicted molar refractivity (Wildman–Crippen MR) is 88.5 cm³/mol. The molecule has 0 radical (unpaired) electrons. The number of carboxylic acid groups (broad SMARTS) is 1. The Bertz CT molecular complexity index is 679. The van der Waals surface area contributed by atoms with Crippen molar-refractivity contribution in [1.29, 1.82) is 0 Å². The Hall–Kier alpha value is -2.97. The molecule has 0 saturated heterocycles. The molecule has 0 spiro atoms. The fourth-order valence-electron chi connectivity index (χ4n) is 2.20. The molecule has 3 N–H and O–H groups in total. The van der Waals surface area contributed by atoms with Crippen LogP contribution < -0.4 is 10.6 Å². The average molecular weight is 368 g/mol. The second kappa shape index (κ2) is 10.1. The van der Waals surface area contributed by atoms with Crippen LogP contribution in [0.25, 0.3) is 0 Å². The van der Waals surface area contributed by atoms with Gasteiger partial charge in [-0.15, -0.1) is 0 Å². The Morgan fingerprint density at radius 2 is 1.81 bits per heavy atom. The zero-order valence-electron chi connectivity index (χ0n) is 14.5. The Morgan fingerprint density at radius 3 is 2.35 bits per heavy atom. The number of carbonyl (C=O) groups is 4. The molecule has 1 rings (SSSR count). The van der Waals surface area contributed by atoms with Gasteiger partial charge in [-0.25, -0.2) is 9.18 Å². The number of ether oxygens (including phenoxy) is 1. The lowest BCUT2D eigenvalue weighted by Crippen LogP contribution is -2.52. The molecule has 0 aliphatic rings. The zero-order valence-corrected chi connectivity index (χ0v) is 14.5. The van der Waals surface area contributed by atoms with Crippen molar-refractivity contribution in [3.05, 3.63) is 35.6 Å². The van der Waals surface area contributed by atoms with Crippen LogP contribution in [0.3, 0.4) is 0 Å². The summed E-state index contributed by atoms with van der Waals surface area (Å²) in [6, 6.07) is 2.98. The first-order valence-electron chi connectivity index (χ1n) is 7.93. The van der Waals surface area contributed by atoms with Crippen LogP contribution >= 0.6 is 0 Å². The van der Waals surface area contributed by atoms with E-state index in [9.17, 15) is 23.6 Å². The number of carbonyl (C=O) groups excluding carboxylic acids is 3. The van der Waals surface area contributed by atoms with Crippen LogP contribution in [0.4, 0.5) is 4.39 Å². The monoisotopic (exact) mass is 368 g/mol. The van der Waals surface area contributed by atoms with Gasteiger partial charge < -0.3 is 20.5 Å². The number of hydrogen-bond acceptors (Lipinski definition) is 5. The van der Waals surface area contributed by atoms with E-state index in [0.29, 0.717) is 0 Å². The summed E-state index contributed by atoms with van der Waals surface area (Å²) in [4.78, 5) is 46.5. The van der Waals surface area contributed by atoms with E-state index in [1.165, 1.54) is 25.1 Å². The SMILES string of the molecule is CCOC(=O)C[C@H](NC(=O)[C@@H](Cc1ccccc1F)NC(C)=O)C(=O)O. The molecule has 2 amide bonds. The molecule has 8 nitrogen and oxygen atoms in total. The van der Waals surface area contributed by atoms with Crippen molar-refractivity contribution in [1.82, 2.24) is 10.6 Å². The van der Waals surface area contributed by atoms with E-state index in [1.807, 2.05) is 0 Å². The molecule has 0 fully saturated rings. The molecule has 9 heteroatoms. The summed E-state index contributed by atoms with van der Waals surface area (Å²) in [5.41, 5.74) is 0.179. The summed E-state index contributed by atoms with van der Waals surface area (Å²) in [6.07, 6.45) is -0.745. The molecule has 0 unspecified atom stereocenters. The quantitative estimate of drug-likeness (QED) is 0.542. The van der Waals surface area contributed by atoms with Crippen molar-refractivity contribution >= 4 is 23.8 Å². The lowest BCUT2D eigenvalue weighted by molar-refractivity contribution is -0.150. The van der Waals surface area contributed by atoms with E-state index in [4.69, 9.17) is 5.11 Å². The Kier molecular flexibility index (Phi) is 8.20. The van der Waals surface area contributed by atoms with E-state index in [0.717, 1.165) is 0 Å². The third kappa shape index (κ3) is 6.88. The number of benzene rings is 1. The van der Waals surface area contributed by atoms with E-state index in [1.54, 1.807) is 13.0 Å². The van der Waals surface area contributed by atoms with Gasteiger partial charge in [0.1, 0.15) is 17.9 Å². The molecule has 0 heterocycles. The maximum Gasteiger partial charge on any atom is 0.326 e. The van der Waals surface area contributed by atoms with Gasteiger partial charge in [-0.1, -0.05) is 18.2 Å². The predicted octanol–water partition coefficient (Wildman–Crippen LogP) is 0.395. The van der Waals surface area contributed by atoms with Gasteiger partial charge in [-0.05, 0) is 18.6 Å². The molecular weight excluding hydrogens is 347 g/mol. The minimum Gasteiger partial charge on any atom is -0.480 e. The Balaban J connectivity index is 2.89. The first kappa shape index (κ1) is 21.1. The minimum absolute atomic E-state index is 0.0704. The van der Waals surface area contributed by atoms with Gasteiger partial charge in [0, 0.05) is 13.3 Å². The summed E-state index contributed by atoms with van der Waals surface area (Å²) in [5.74, 6) is -4.17. The van der Waals surface area contributed by atoms with Crippen LogP contribution in [0.2, 0.25) is 0 Å². The maximum atomic E-state index is 13.8. The zero-order chi connectivity index (χ0) is 19.7. The molecule has 142 valence electrons. The first-order valence-corrected chi connectivity index (χ1v) is 7.93. The number of nitrogens with one attached hydrogen (secondary N) is 2. The summed E-state index contributed by atoms with van der Waals surface area (Å²) < 4.78 is 18.5. The van der Waals surface area contributed by atoms with Crippen molar-refractivity contribution < 1.29 is 33.4 Å². The standard InChI is InChI=1S/C17H21FN2O6/c1-3-26-15(22)9-14(17(24)25)20-16(23)13(19-10(2)21)8-11-6-4-5-7-12(11)18/h4-7,13-14H,3,8-9H2,1-2H3,(H,19,21)(H,20,23)(H,24,25)/t13-,14+/m1/s1. The number of amides is 2. The van der Waals surface area contributed by atoms with Crippen molar-refractivity contribution in [2.45, 2.75) is 38.8 Å². The molecular formula is C17H21FN2O6. The van der Waals surface area contributed by atoms with Gasteiger partial charge >= 0.3 is 11.9 Å². The van der Waals surface area contributed by atoms with Gasteiger partial charge in [0.2, 0.25) is 11.8 Å². The first-order chi connectivity index (χ1) is 12.2. The largest absolute Gasteiger partial charge is 0.480 e. The highest BCUT2D eigenvalue weighted by molar-refractivity contribution is 5.91. The molecule has 26 heavy (non-hydrogen) atoms. The second-order valence-corrected chi connectivity index (χ2v) is 5.46. The van der Waals surface area contributed by atoms with E-state index in [-0.39, 0.29) is 18.6 Å². The number of rotatable bonds is 9. The Labute approximate surface area is 149 Å². The van der Waals surface area contributed by atoms with Crippen LogP contribution in [0.15, 0.2) is 24.3 Å². The smallest absolute Gasteiger partial charge is 0.326 e. The molecule has 2 atom stereocenters. The second-order valence-electron chi connectivity index (χ2n) is 5.46. The van der Waals surface area contributed by atoms with Gasteiger partial charge in [0.05, 0.1) is 13.0 Å². The van der Waals surface area contributed by atoms with Gasteiger partial charge in [-0.3, -0.25) is 14.4 Å². The highest BCUT2D eigenvalue weighted by Gasteiger charge is 2.28. The van der Waals surface area contributed by atoms with Crippen LogP contribution in [0.5, 0.6) is 0 Å². The van der Waals surface area contributed by atoms with Crippen LogP contribution in [0.1, 0.15) is 25.8 Å². The lowest BCUT2D eigenvalue weighted by Gasteiger charge is -2.21. The fraction of sp³-hybridized carbons (Fsp3) is 0.412. The van der Waals surface area contributed by atoms with Crippen molar-refractivity contribution in [2.75, 3.05) is 6.61 Å². The van der Waals surface area contributed by atoms with Gasteiger partial charge in [0.15, 0.2) is 0 Å². The number of aliphatic carboxylic acids is 1. The molecule has 0 aromatic heterocycles. The molecule has 0 saturated carbocycles. The van der Waals surface area contributed by atoms with Crippen LogP contribution in [-0.4, -0.2) is 47.6 Å². The topological polar surface area (TPSA) is 122 Å². The van der Waals surface area contributed by atoms with Crippen molar-refractivity contribution in [3.63, 3.8) is 0 Å². The highest BCUT2D eigenvalue weighted by Crippen LogP contribution is 2.10. The van der Waals surface area contributed by atoms with Gasteiger partial charge in [-0.2, -0.15) is 0 Å². The Morgan fingerprint density at radius 1 is 1.15 bits per heavy atom. The minimum atomic E-state index is -1.53. The van der Waals surface area contributed by atoms with Crippen molar-refractivity contribution in [2.24, 2.45) is 0 Å². The maximum absolute atomic E-state index is 13.8. The summed E-state index contributed by atoms with van der Waals surface area (Å²) in [7, 11) is 0. The van der Waals surface area contributed by atoms with Crippen molar-refractivity contribution in [3.8, 4) is 0 Å². The number of halogens is 1. The number of esters is 1. The highest BCUT2D eigenvalue weighted by atomic mass is 19.1. The number of hydrogen-bond donors (Lipinski definition) is 3. The van der Waals surface area contributed by atoms with Crippen LogP contribution in [-0.2, 0) is 30.3 Å². The molecule has 1 aromatic rings. The summed E-state index contributed by atoms with van der Waals surface area (Å²) in [6.45, 7) is 2.81. The van der Waals surface area contributed by atoms with Gasteiger partial charge in [0.25, 0.3) is 0 Å². The molecule has 0 bridgehead atoms. The molecule has 0 aliphatic carbocycles. The lowest BCUT2D eigenvalue weighted by atomic mass is 10.0. The summed E-state index contributed by atoms with van der Waals surface area (Å²) >= 11 is 0. The van der Waals surface area contributed by atoms with E-state index >= 15 is 0 Å². The molecule has 0 aliphatic heterocycles. The van der Waals surface area contributed by atoms with E-state index in [2.05, 4.69) is 15.4 Å². The third-order valence-electron chi connectivity index (χ3n) is 3.37. The third-order valence-corrected chi connectivity index (χ3v) is 3.37. The number of carboxylic acids is 1. The molecule has 1 aromatic carbocycles. The van der Waals surface area contributed by atoms with Crippen LogP contribution in [0, 0.1) is 5.82 Å². The average Bonchev–Trinajstić information content (AvgIpc) is 2.55. The summed E-state index contributed by atoms with van der Waals surface area (Å²) in [5, 5.41) is 13.7. The van der Waals surface area contributed by atoms with E-state index < -0.39 is 48.1 Å². The normalized spacial score (nSPS) is 12.6. The fourth-order valence-corrected chi connectivity index (χ4v) is 2.20.